The average Bonchev–Trinajstić information content (AvgIpc) is 2.72. The molecule has 2 nitrogen and oxygen atoms in total. The van der Waals surface area contributed by atoms with E-state index in [-0.39, 0.29) is 11.5 Å². The van der Waals surface area contributed by atoms with Crippen molar-refractivity contribution in [2.45, 2.75) is 39.2 Å². The van der Waals surface area contributed by atoms with E-state index in [0.717, 1.165) is 11.4 Å². The van der Waals surface area contributed by atoms with Crippen molar-refractivity contribution in [1.82, 2.24) is 4.98 Å². The predicted molar refractivity (Wildman–Crippen MR) is 53.9 cm³/mol. The second kappa shape index (κ2) is 3.07. The molecule has 2 rings (SSSR count). The SMILES string of the molecule is Cc1ncc(CC2(C(C)O)CC2)s1. The lowest BCUT2D eigenvalue weighted by Crippen LogP contribution is -2.19. The molecule has 0 radical (unpaired) electrons. The minimum Gasteiger partial charge on any atom is -0.393 e. The summed E-state index contributed by atoms with van der Waals surface area (Å²) in [7, 11) is 0. The molecule has 1 aromatic heterocycles. The highest BCUT2D eigenvalue weighted by molar-refractivity contribution is 7.11. The fourth-order valence-electron chi connectivity index (χ4n) is 1.74. The van der Waals surface area contributed by atoms with Crippen LogP contribution in [0.1, 0.15) is 29.7 Å². The van der Waals surface area contributed by atoms with Gasteiger partial charge in [-0.3, -0.25) is 0 Å². The van der Waals surface area contributed by atoms with E-state index in [9.17, 15) is 5.11 Å². The first-order chi connectivity index (χ1) is 6.12. The number of aliphatic hydroxyl groups excluding tert-OH is 1. The van der Waals surface area contributed by atoms with E-state index in [2.05, 4.69) is 4.98 Å². The van der Waals surface area contributed by atoms with Crippen LogP contribution in [0, 0.1) is 12.3 Å². The van der Waals surface area contributed by atoms with Crippen LogP contribution in [0.15, 0.2) is 6.20 Å². The summed E-state index contributed by atoms with van der Waals surface area (Å²) >= 11 is 1.75. The third kappa shape index (κ3) is 1.76. The van der Waals surface area contributed by atoms with Gasteiger partial charge in [0.15, 0.2) is 0 Å². The minimum atomic E-state index is -0.171. The van der Waals surface area contributed by atoms with Crippen molar-refractivity contribution in [3.8, 4) is 0 Å². The molecule has 0 aromatic carbocycles. The molecule has 3 heteroatoms. The van der Waals surface area contributed by atoms with E-state index in [1.54, 1.807) is 11.3 Å². The average molecular weight is 197 g/mol. The lowest BCUT2D eigenvalue weighted by atomic mass is 9.96. The molecule has 1 atom stereocenters. The van der Waals surface area contributed by atoms with Gasteiger partial charge in [0, 0.05) is 16.5 Å². The molecule has 0 aliphatic heterocycles. The van der Waals surface area contributed by atoms with Gasteiger partial charge in [-0.2, -0.15) is 0 Å². The Hall–Kier alpha value is -0.410. The third-order valence-corrected chi connectivity index (χ3v) is 3.89. The van der Waals surface area contributed by atoms with Crippen LogP contribution >= 0.6 is 11.3 Å². The van der Waals surface area contributed by atoms with Gasteiger partial charge in [-0.15, -0.1) is 11.3 Å². The summed E-state index contributed by atoms with van der Waals surface area (Å²) < 4.78 is 0. The van der Waals surface area contributed by atoms with Gasteiger partial charge >= 0.3 is 0 Å². The molecule has 1 unspecified atom stereocenters. The standard InChI is InChI=1S/C10H15NOS/c1-7(12)10(3-4-10)5-9-6-11-8(2)13-9/h6-7,12H,3-5H2,1-2H3. The summed E-state index contributed by atoms with van der Waals surface area (Å²) in [5.74, 6) is 0. The zero-order valence-corrected chi connectivity index (χ0v) is 8.90. The van der Waals surface area contributed by atoms with Crippen LogP contribution in [0.2, 0.25) is 0 Å². The molecule has 0 spiro atoms. The molecule has 0 amide bonds. The van der Waals surface area contributed by atoms with Crippen molar-refractivity contribution in [3.05, 3.63) is 16.1 Å². The molecule has 1 aliphatic rings. The van der Waals surface area contributed by atoms with Gasteiger partial charge in [0.25, 0.3) is 0 Å². The molecule has 1 N–H and O–H groups in total. The van der Waals surface area contributed by atoms with Crippen LogP contribution in [0.5, 0.6) is 0 Å². The van der Waals surface area contributed by atoms with Crippen LogP contribution in [0.25, 0.3) is 0 Å². The van der Waals surface area contributed by atoms with Gasteiger partial charge in [0.05, 0.1) is 11.1 Å². The quantitative estimate of drug-likeness (QED) is 0.805. The molecule has 1 aliphatic carbocycles. The smallest absolute Gasteiger partial charge is 0.0896 e. The summed E-state index contributed by atoms with van der Waals surface area (Å²) in [5.41, 5.74) is 0.193. The lowest BCUT2D eigenvalue weighted by molar-refractivity contribution is 0.111. The molecule has 1 fully saturated rings. The Morgan fingerprint density at radius 3 is 2.77 bits per heavy atom. The maximum atomic E-state index is 9.59. The monoisotopic (exact) mass is 197 g/mol. The third-order valence-electron chi connectivity index (χ3n) is 2.97. The van der Waals surface area contributed by atoms with Gasteiger partial charge in [-0.05, 0) is 33.1 Å². The predicted octanol–water partition coefficient (Wildman–Crippen LogP) is 2.16. The second-order valence-electron chi connectivity index (χ2n) is 4.06. The molecular formula is C10H15NOS. The van der Waals surface area contributed by atoms with Crippen LogP contribution in [0.3, 0.4) is 0 Å². The Balaban J connectivity index is 2.06. The number of thiazole rings is 1. The summed E-state index contributed by atoms with van der Waals surface area (Å²) in [6.45, 7) is 3.93. The first-order valence-corrected chi connectivity index (χ1v) is 5.53. The Bertz CT molecular complexity index is 302. The van der Waals surface area contributed by atoms with Gasteiger partial charge < -0.3 is 5.11 Å². The Labute approximate surface area is 82.6 Å². The molecule has 1 aromatic rings. The zero-order valence-electron chi connectivity index (χ0n) is 8.08. The number of nitrogens with zero attached hydrogens (tertiary/aromatic N) is 1. The highest BCUT2D eigenvalue weighted by atomic mass is 32.1. The number of aliphatic hydroxyl groups is 1. The van der Waals surface area contributed by atoms with Crippen molar-refractivity contribution in [1.29, 1.82) is 0 Å². The fraction of sp³-hybridized carbons (Fsp3) is 0.700. The van der Waals surface area contributed by atoms with Crippen molar-refractivity contribution < 1.29 is 5.11 Å². The number of aryl methyl sites for hydroxylation is 1. The Kier molecular flexibility index (Phi) is 2.16. The minimum absolute atomic E-state index is 0.171. The first-order valence-electron chi connectivity index (χ1n) is 4.72. The van der Waals surface area contributed by atoms with Gasteiger partial charge in [0.2, 0.25) is 0 Å². The number of hydrogen-bond acceptors (Lipinski definition) is 3. The summed E-state index contributed by atoms with van der Waals surface area (Å²) in [6.07, 6.45) is 5.12. The van der Waals surface area contributed by atoms with Crippen molar-refractivity contribution in [2.75, 3.05) is 0 Å². The van der Waals surface area contributed by atoms with Crippen LogP contribution < -0.4 is 0 Å². The fourth-order valence-corrected chi connectivity index (χ4v) is 2.69. The highest BCUT2D eigenvalue weighted by Gasteiger charge is 2.46. The van der Waals surface area contributed by atoms with E-state index < -0.39 is 0 Å². The van der Waals surface area contributed by atoms with E-state index in [4.69, 9.17) is 0 Å². The van der Waals surface area contributed by atoms with E-state index in [1.807, 2.05) is 20.0 Å². The van der Waals surface area contributed by atoms with Gasteiger partial charge in [-0.1, -0.05) is 0 Å². The van der Waals surface area contributed by atoms with Gasteiger partial charge in [-0.25, -0.2) is 4.98 Å². The first kappa shape index (κ1) is 9.16. The Morgan fingerprint density at radius 2 is 2.38 bits per heavy atom. The van der Waals surface area contributed by atoms with Crippen molar-refractivity contribution >= 4 is 11.3 Å². The largest absolute Gasteiger partial charge is 0.393 e. The van der Waals surface area contributed by atoms with E-state index in [1.165, 1.54) is 17.7 Å². The van der Waals surface area contributed by atoms with Crippen molar-refractivity contribution in [3.63, 3.8) is 0 Å². The van der Waals surface area contributed by atoms with Crippen LogP contribution in [-0.4, -0.2) is 16.2 Å². The van der Waals surface area contributed by atoms with Crippen molar-refractivity contribution in [2.24, 2.45) is 5.41 Å². The van der Waals surface area contributed by atoms with E-state index >= 15 is 0 Å². The molecular weight excluding hydrogens is 182 g/mol. The topological polar surface area (TPSA) is 33.1 Å². The molecule has 1 saturated carbocycles. The molecule has 1 heterocycles. The molecule has 13 heavy (non-hydrogen) atoms. The summed E-state index contributed by atoms with van der Waals surface area (Å²) in [4.78, 5) is 5.54. The second-order valence-corrected chi connectivity index (χ2v) is 5.38. The lowest BCUT2D eigenvalue weighted by Gasteiger charge is -2.16. The molecule has 0 saturated heterocycles. The van der Waals surface area contributed by atoms with Crippen LogP contribution in [-0.2, 0) is 6.42 Å². The zero-order chi connectivity index (χ0) is 9.47. The maximum Gasteiger partial charge on any atom is 0.0896 e. The summed E-state index contributed by atoms with van der Waals surface area (Å²) in [5, 5.41) is 10.7. The maximum absolute atomic E-state index is 9.59. The summed E-state index contributed by atoms with van der Waals surface area (Å²) in [6, 6.07) is 0. The number of aromatic nitrogens is 1. The molecule has 72 valence electrons. The number of rotatable bonds is 3. The van der Waals surface area contributed by atoms with Crippen LogP contribution in [0.4, 0.5) is 0 Å². The molecule has 0 bridgehead atoms. The van der Waals surface area contributed by atoms with E-state index in [0.29, 0.717) is 0 Å². The van der Waals surface area contributed by atoms with Gasteiger partial charge in [0.1, 0.15) is 0 Å². The normalized spacial score (nSPS) is 21.5. The highest BCUT2D eigenvalue weighted by Crippen LogP contribution is 2.51. The Morgan fingerprint density at radius 1 is 1.69 bits per heavy atom. The number of hydrogen-bond donors (Lipinski definition) is 1.